The number of pyridine rings is 1. The predicted octanol–water partition coefficient (Wildman–Crippen LogP) is 3.24. The van der Waals surface area contributed by atoms with E-state index in [2.05, 4.69) is 29.1 Å². The van der Waals surface area contributed by atoms with E-state index in [1.165, 1.54) is 4.90 Å². The molecular weight excluding hydrogens is 362 g/mol. The number of hydrogen-bond donors (Lipinski definition) is 1. The maximum Gasteiger partial charge on any atom is 0.317 e. The second kappa shape index (κ2) is 9.45. The lowest BCUT2D eigenvalue weighted by Gasteiger charge is -2.22. The normalized spacial score (nSPS) is 11.9. The van der Waals surface area contributed by atoms with Gasteiger partial charge in [-0.3, -0.25) is 9.69 Å². The summed E-state index contributed by atoms with van der Waals surface area (Å²) >= 11 is 1.61. The lowest BCUT2D eigenvalue weighted by Crippen LogP contribution is -2.43. The summed E-state index contributed by atoms with van der Waals surface area (Å²) < 4.78 is 0. The molecule has 2 aromatic heterocycles. The summed E-state index contributed by atoms with van der Waals surface area (Å²) in [4.78, 5) is 36.5. The first kappa shape index (κ1) is 20.8. The van der Waals surface area contributed by atoms with E-state index in [1.807, 2.05) is 18.4 Å². The van der Waals surface area contributed by atoms with Crippen LogP contribution in [0.2, 0.25) is 0 Å². The molecule has 1 unspecified atom stereocenters. The van der Waals surface area contributed by atoms with Crippen LogP contribution < -0.4 is 10.2 Å². The standard InChI is InChI=1S/C19H27N5O2S/c1-13(2)18-22-15(12-27-18)11-23(4)19(26)21-14(3)10-17(25)24(5)16-8-6-7-9-20-16/h6-9,12-14H,10-11H2,1-5H3,(H,21,26). The van der Waals surface area contributed by atoms with E-state index < -0.39 is 0 Å². The Morgan fingerprint density at radius 2 is 1.96 bits per heavy atom. The number of nitrogens with zero attached hydrogens (tertiary/aromatic N) is 4. The smallest absolute Gasteiger partial charge is 0.317 e. The molecule has 0 aliphatic carbocycles. The summed E-state index contributed by atoms with van der Waals surface area (Å²) in [7, 11) is 3.40. The zero-order chi connectivity index (χ0) is 20.0. The minimum Gasteiger partial charge on any atom is -0.335 e. The quantitative estimate of drug-likeness (QED) is 0.788. The fraction of sp³-hybridized carbons (Fsp3) is 0.474. The van der Waals surface area contributed by atoms with Gasteiger partial charge in [0.15, 0.2) is 0 Å². The Hall–Kier alpha value is -2.48. The van der Waals surface area contributed by atoms with Crippen LogP contribution in [0, 0.1) is 0 Å². The molecule has 0 spiro atoms. The van der Waals surface area contributed by atoms with Gasteiger partial charge in [-0.1, -0.05) is 19.9 Å². The van der Waals surface area contributed by atoms with Crippen molar-refractivity contribution in [2.45, 2.75) is 45.7 Å². The van der Waals surface area contributed by atoms with Crippen molar-refractivity contribution < 1.29 is 9.59 Å². The molecule has 0 radical (unpaired) electrons. The highest BCUT2D eigenvalue weighted by Crippen LogP contribution is 2.19. The number of amides is 3. The van der Waals surface area contributed by atoms with Gasteiger partial charge in [0.25, 0.3) is 0 Å². The van der Waals surface area contributed by atoms with E-state index in [4.69, 9.17) is 0 Å². The Kier molecular flexibility index (Phi) is 7.29. The summed E-state index contributed by atoms with van der Waals surface area (Å²) in [6.07, 6.45) is 1.84. The zero-order valence-electron chi connectivity index (χ0n) is 16.5. The first-order valence-electron chi connectivity index (χ1n) is 8.91. The van der Waals surface area contributed by atoms with E-state index in [0.29, 0.717) is 18.3 Å². The Morgan fingerprint density at radius 3 is 2.56 bits per heavy atom. The SMILES string of the molecule is CC(CC(=O)N(C)c1ccccn1)NC(=O)N(C)Cc1csc(C(C)C)n1. The summed E-state index contributed by atoms with van der Waals surface area (Å²) in [5.74, 6) is 0.859. The van der Waals surface area contributed by atoms with Gasteiger partial charge in [0.05, 0.1) is 17.2 Å². The zero-order valence-corrected chi connectivity index (χ0v) is 17.3. The van der Waals surface area contributed by atoms with Crippen molar-refractivity contribution >= 4 is 29.1 Å². The molecule has 2 aromatic rings. The van der Waals surface area contributed by atoms with Gasteiger partial charge < -0.3 is 10.2 Å². The molecule has 7 nitrogen and oxygen atoms in total. The third-order valence-electron chi connectivity index (χ3n) is 4.03. The molecule has 146 valence electrons. The van der Waals surface area contributed by atoms with E-state index >= 15 is 0 Å². The van der Waals surface area contributed by atoms with Gasteiger partial charge in [0, 0.05) is 44.1 Å². The maximum absolute atomic E-state index is 12.4. The van der Waals surface area contributed by atoms with Gasteiger partial charge in [-0.2, -0.15) is 0 Å². The second-order valence-electron chi connectivity index (χ2n) is 6.88. The molecule has 3 amide bonds. The fourth-order valence-electron chi connectivity index (χ4n) is 2.43. The van der Waals surface area contributed by atoms with E-state index in [-0.39, 0.29) is 24.4 Å². The highest BCUT2D eigenvalue weighted by Gasteiger charge is 2.19. The number of carbonyl (C=O) groups excluding carboxylic acids is 2. The fourth-order valence-corrected chi connectivity index (χ4v) is 3.25. The molecule has 1 N–H and O–H groups in total. The summed E-state index contributed by atoms with van der Waals surface area (Å²) in [5, 5.41) is 5.91. The van der Waals surface area contributed by atoms with E-state index in [9.17, 15) is 9.59 Å². The molecule has 0 aliphatic rings. The summed E-state index contributed by atoms with van der Waals surface area (Å²) in [5.41, 5.74) is 0.875. The van der Waals surface area contributed by atoms with Crippen molar-refractivity contribution in [3.63, 3.8) is 0 Å². The van der Waals surface area contributed by atoms with Crippen LogP contribution in [0.15, 0.2) is 29.8 Å². The number of anilines is 1. The minimum absolute atomic E-state index is 0.106. The maximum atomic E-state index is 12.4. The van der Waals surface area contributed by atoms with Crippen molar-refractivity contribution in [2.75, 3.05) is 19.0 Å². The Morgan fingerprint density at radius 1 is 1.22 bits per heavy atom. The van der Waals surface area contributed by atoms with Crippen LogP contribution in [-0.2, 0) is 11.3 Å². The Labute approximate surface area is 164 Å². The van der Waals surface area contributed by atoms with Crippen LogP contribution in [0.5, 0.6) is 0 Å². The van der Waals surface area contributed by atoms with Gasteiger partial charge in [0.1, 0.15) is 5.82 Å². The van der Waals surface area contributed by atoms with Crippen molar-refractivity contribution in [2.24, 2.45) is 0 Å². The second-order valence-corrected chi connectivity index (χ2v) is 7.77. The minimum atomic E-state index is -0.291. The monoisotopic (exact) mass is 389 g/mol. The average molecular weight is 390 g/mol. The van der Waals surface area contributed by atoms with Crippen LogP contribution in [0.3, 0.4) is 0 Å². The van der Waals surface area contributed by atoms with Crippen LogP contribution in [0.4, 0.5) is 10.6 Å². The molecule has 0 bridgehead atoms. The van der Waals surface area contributed by atoms with E-state index in [0.717, 1.165) is 10.7 Å². The topological polar surface area (TPSA) is 78.4 Å². The van der Waals surface area contributed by atoms with Gasteiger partial charge in [-0.05, 0) is 19.1 Å². The van der Waals surface area contributed by atoms with Crippen molar-refractivity contribution in [3.05, 3.63) is 40.5 Å². The molecular formula is C19H27N5O2S. The number of carbonyl (C=O) groups is 2. The first-order valence-corrected chi connectivity index (χ1v) is 9.79. The molecule has 1 atom stereocenters. The van der Waals surface area contributed by atoms with Crippen LogP contribution in [-0.4, -0.2) is 46.9 Å². The molecule has 0 aliphatic heterocycles. The number of thiazole rings is 1. The molecule has 0 saturated heterocycles. The number of nitrogens with one attached hydrogen (secondary N) is 1. The molecule has 27 heavy (non-hydrogen) atoms. The van der Waals surface area contributed by atoms with Crippen molar-refractivity contribution in [3.8, 4) is 0 Å². The molecule has 2 rings (SSSR count). The van der Waals surface area contributed by atoms with Crippen molar-refractivity contribution in [1.29, 1.82) is 0 Å². The largest absolute Gasteiger partial charge is 0.335 e. The highest BCUT2D eigenvalue weighted by atomic mass is 32.1. The number of rotatable bonds is 7. The van der Waals surface area contributed by atoms with Crippen molar-refractivity contribution in [1.82, 2.24) is 20.2 Å². The van der Waals surface area contributed by atoms with Gasteiger partial charge in [-0.25, -0.2) is 14.8 Å². The average Bonchev–Trinajstić information content (AvgIpc) is 3.10. The molecule has 2 heterocycles. The Balaban J connectivity index is 1.84. The third-order valence-corrected chi connectivity index (χ3v) is 5.22. The van der Waals surface area contributed by atoms with Crippen LogP contribution in [0.1, 0.15) is 43.8 Å². The predicted molar refractivity (Wildman–Crippen MR) is 108 cm³/mol. The molecule has 8 heteroatoms. The number of aromatic nitrogens is 2. The third kappa shape index (κ3) is 6.02. The van der Waals surface area contributed by atoms with Crippen LogP contribution >= 0.6 is 11.3 Å². The lowest BCUT2D eigenvalue weighted by atomic mass is 10.2. The van der Waals surface area contributed by atoms with Crippen LogP contribution in [0.25, 0.3) is 0 Å². The van der Waals surface area contributed by atoms with Gasteiger partial charge >= 0.3 is 6.03 Å². The summed E-state index contributed by atoms with van der Waals surface area (Å²) in [6.45, 7) is 6.44. The highest BCUT2D eigenvalue weighted by molar-refractivity contribution is 7.09. The first-order chi connectivity index (χ1) is 12.8. The Bertz CT molecular complexity index is 762. The number of hydrogen-bond acceptors (Lipinski definition) is 5. The van der Waals surface area contributed by atoms with E-state index in [1.54, 1.807) is 48.7 Å². The number of urea groups is 1. The molecule has 0 saturated carbocycles. The molecule has 0 aromatic carbocycles. The lowest BCUT2D eigenvalue weighted by molar-refractivity contribution is -0.118. The summed E-state index contributed by atoms with van der Waals surface area (Å²) in [6, 6.07) is 4.88. The van der Waals surface area contributed by atoms with Gasteiger partial charge in [0.2, 0.25) is 5.91 Å². The molecule has 0 fully saturated rings. The van der Waals surface area contributed by atoms with Gasteiger partial charge in [-0.15, -0.1) is 11.3 Å².